The molecule has 16 heavy (non-hydrogen) atoms. The average Bonchev–Trinajstić information content (AvgIpc) is 2.79. The van der Waals surface area contributed by atoms with Crippen LogP contribution >= 0.6 is 15.9 Å². The van der Waals surface area contributed by atoms with Gasteiger partial charge in [0.2, 0.25) is 0 Å². The number of rotatable bonds is 4. The number of methoxy groups -OCH3 is 1. The van der Waals surface area contributed by atoms with E-state index >= 15 is 0 Å². The lowest BCUT2D eigenvalue weighted by Crippen LogP contribution is -2.15. The molecule has 2 heterocycles. The first kappa shape index (κ1) is 11.7. The van der Waals surface area contributed by atoms with Crippen molar-refractivity contribution in [3.05, 3.63) is 16.7 Å². The summed E-state index contributed by atoms with van der Waals surface area (Å²) in [6, 6.07) is 1.88. The first-order valence-corrected chi connectivity index (χ1v) is 6.12. The van der Waals surface area contributed by atoms with Crippen molar-refractivity contribution < 1.29 is 9.47 Å². The molecule has 0 bridgehead atoms. The predicted molar refractivity (Wildman–Crippen MR) is 65.0 cm³/mol. The summed E-state index contributed by atoms with van der Waals surface area (Å²) in [6.45, 7) is 2.83. The van der Waals surface area contributed by atoms with Gasteiger partial charge < -0.3 is 14.8 Å². The number of nitrogens with one attached hydrogen (secondary N) is 1. The standard InChI is InChI=1S/C11H15BrN2O2/c1-15-11-10(4-9(12)6-14-11)16-7-8-2-3-13-5-8/h4,6,8,13H,2-3,5,7H2,1H3/t8-/m1/s1. The first-order chi connectivity index (χ1) is 7.79. The molecule has 88 valence electrons. The Morgan fingerprint density at radius 1 is 1.62 bits per heavy atom. The van der Waals surface area contributed by atoms with Crippen LogP contribution in [-0.2, 0) is 0 Å². The number of hydrogen-bond donors (Lipinski definition) is 1. The Labute approximate surface area is 103 Å². The van der Waals surface area contributed by atoms with Gasteiger partial charge in [-0.1, -0.05) is 0 Å². The lowest BCUT2D eigenvalue weighted by atomic mass is 10.1. The van der Waals surface area contributed by atoms with Crippen molar-refractivity contribution in [3.8, 4) is 11.6 Å². The zero-order valence-corrected chi connectivity index (χ0v) is 10.8. The van der Waals surface area contributed by atoms with E-state index in [1.807, 2.05) is 6.07 Å². The topological polar surface area (TPSA) is 43.4 Å². The monoisotopic (exact) mass is 286 g/mol. The summed E-state index contributed by atoms with van der Waals surface area (Å²) in [4.78, 5) is 4.13. The minimum absolute atomic E-state index is 0.536. The molecule has 0 unspecified atom stereocenters. The van der Waals surface area contributed by atoms with E-state index in [1.54, 1.807) is 13.3 Å². The van der Waals surface area contributed by atoms with Crippen LogP contribution in [0.4, 0.5) is 0 Å². The second kappa shape index (κ2) is 5.50. The van der Waals surface area contributed by atoms with E-state index in [2.05, 4.69) is 26.2 Å². The maximum Gasteiger partial charge on any atom is 0.256 e. The summed E-state index contributed by atoms with van der Waals surface area (Å²) in [5, 5.41) is 3.31. The Bertz CT molecular complexity index is 354. The molecule has 1 saturated heterocycles. The van der Waals surface area contributed by atoms with Crippen LogP contribution in [0.1, 0.15) is 6.42 Å². The average molecular weight is 287 g/mol. The molecule has 1 aromatic heterocycles. The van der Waals surface area contributed by atoms with Crippen LogP contribution in [0.5, 0.6) is 11.6 Å². The number of pyridine rings is 1. The van der Waals surface area contributed by atoms with Gasteiger partial charge in [-0.15, -0.1) is 0 Å². The predicted octanol–water partition coefficient (Wildman–Crippen LogP) is 1.84. The fourth-order valence-electron chi connectivity index (χ4n) is 1.73. The fourth-order valence-corrected chi connectivity index (χ4v) is 2.04. The molecule has 0 amide bonds. The van der Waals surface area contributed by atoms with E-state index in [1.165, 1.54) is 6.42 Å². The number of aromatic nitrogens is 1. The van der Waals surface area contributed by atoms with Gasteiger partial charge >= 0.3 is 0 Å². The molecule has 2 rings (SSSR count). The summed E-state index contributed by atoms with van der Waals surface area (Å²) < 4.78 is 11.8. The Morgan fingerprint density at radius 3 is 3.19 bits per heavy atom. The summed E-state index contributed by atoms with van der Waals surface area (Å²) >= 11 is 3.37. The molecular weight excluding hydrogens is 272 g/mol. The number of ether oxygens (including phenoxy) is 2. The molecule has 1 aliphatic heterocycles. The second-order valence-electron chi connectivity index (χ2n) is 3.83. The van der Waals surface area contributed by atoms with Crippen molar-refractivity contribution in [2.45, 2.75) is 6.42 Å². The van der Waals surface area contributed by atoms with Crippen LogP contribution in [0.15, 0.2) is 16.7 Å². The van der Waals surface area contributed by atoms with Gasteiger partial charge in [-0.05, 0) is 28.9 Å². The fraction of sp³-hybridized carbons (Fsp3) is 0.545. The van der Waals surface area contributed by atoms with Gasteiger partial charge in [0.1, 0.15) is 0 Å². The molecule has 1 fully saturated rings. The van der Waals surface area contributed by atoms with Crippen LogP contribution in [-0.4, -0.2) is 31.8 Å². The Hall–Kier alpha value is -0.810. The van der Waals surface area contributed by atoms with Crippen LogP contribution in [0.25, 0.3) is 0 Å². The van der Waals surface area contributed by atoms with Crippen molar-refractivity contribution in [2.24, 2.45) is 5.92 Å². The van der Waals surface area contributed by atoms with Crippen molar-refractivity contribution in [1.29, 1.82) is 0 Å². The molecule has 0 aliphatic carbocycles. The van der Waals surface area contributed by atoms with Gasteiger partial charge in [0.25, 0.3) is 5.88 Å². The van der Waals surface area contributed by atoms with Crippen LogP contribution in [0.3, 0.4) is 0 Å². The van der Waals surface area contributed by atoms with E-state index in [0.29, 0.717) is 24.2 Å². The summed E-state index contributed by atoms with van der Waals surface area (Å²) in [5.74, 6) is 1.82. The van der Waals surface area contributed by atoms with Gasteiger partial charge in [0, 0.05) is 29.2 Å². The van der Waals surface area contributed by atoms with E-state index in [4.69, 9.17) is 9.47 Å². The third-order valence-electron chi connectivity index (χ3n) is 2.62. The largest absolute Gasteiger partial charge is 0.488 e. The third kappa shape index (κ3) is 2.86. The van der Waals surface area contributed by atoms with Crippen molar-refractivity contribution >= 4 is 15.9 Å². The summed E-state index contributed by atoms with van der Waals surface area (Å²) in [5.41, 5.74) is 0. The number of hydrogen-bond acceptors (Lipinski definition) is 4. The van der Waals surface area contributed by atoms with Gasteiger partial charge in [-0.3, -0.25) is 0 Å². The van der Waals surface area contributed by atoms with Crippen LogP contribution in [0, 0.1) is 5.92 Å². The lowest BCUT2D eigenvalue weighted by molar-refractivity contribution is 0.244. The highest BCUT2D eigenvalue weighted by atomic mass is 79.9. The first-order valence-electron chi connectivity index (χ1n) is 5.32. The van der Waals surface area contributed by atoms with Gasteiger partial charge in [-0.2, -0.15) is 0 Å². The van der Waals surface area contributed by atoms with E-state index in [-0.39, 0.29) is 0 Å². The van der Waals surface area contributed by atoms with Crippen LogP contribution in [0.2, 0.25) is 0 Å². The molecule has 0 saturated carbocycles. The molecular formula is C11H15BrN2O2. The molecule has 0 aromatic carbocycles. The summed E-state index contributed by atoms with van der Waals surface area (Å²) in [7, 11) is 1.60. The quantitative estimate of drug-likeness (QED) is 0.917. The van der Waals surface area contributed by atoms with E-state index in [0.717, 1.165) is 17.6 Å². The Balaban J connectivity index is 1.98. The van der Waals surface area contributed by atoms with Crippen molar-refractivity contribution in [3.63, 3.8) is 0 Å². The van der Waals surface area contributed by atoms with E-state index < -0.39 is 0 Å². The molecule has 5 heteroatoms. The molecule has 1 aliphatic rings. The number of nitrogens with zero attached hydrogens (tertiary/aromatic N) is 1. The molecule has 4 nitrogen and oxygen atoms in total. The molecule has 0 radical (unpaired) electrons. The second-order valence-corrected chi connectivity index (χ2v) is 4.75. The zero-order valence-electron chi connectivity index (χ0n) is 9.20. The molecule has 1 aromatic rings. The SMILES string of the molecule is COc1ncc(Br)cc1OC[C@@H]1CCNC1. The molecule has 1 atom stereocenters. The van der Waals surface area contributed by atoms with Gasteiger partial charge in [0.15, 0.2) is 5.75 Å². The third-order valence-corrected chi connectivity index (χ3v) is 3.05. The highest BCUT2D eigenvalue weighted by Crippen LogP contribution is 2.28. The van der Waals surface area contributed by atoms with E-state index in [9.17, 15) is 0 Å². The zero-order chi connectivity index (χ0) is 11.4. The minimum Gasteiger partial charge on any atom is -0.488 e. The lowest BCUT2D eigenvalue weighted by Gasteiger charge is -2.13. The van der Waals surface area contributed by atoms with Crippen LogP contribution < -0.4 is 14.8 Å². The Morgan fingerprint density at radius 2 is 2.50 bits per heavy atom. The minimum atomic E-state index is 0.536. The maximum atomic E-state index is 5.74. The molecule has 1 N–H and O–H groups in total. The Kier molecular flexibility index (Phi) is 4.01. The number of halogens is 1. The normalized spacial score (nSPS) is 19.8. The molecule has 0 spiro atoms. The highest BCUT2D eigenvalue weighted by Gasteiger charge is 2.16. The highest BCUT2D eigenvalue weighted by molar-refractivity contribution is 9.10. The van der Waals surface area contributed by atoms with Gasteiger partial charge in [-0.25, -0.2) is 4.98 Å². The smallest absolute Gasteiger partial charge is 0.256 e. The van der Waals surface area contributed by atoms with Gasteiger partial charge in [0.05, 0.1) is 13.7 Å². The van der Waals surface area contributed by atoms with Crippen molar-refractivity contribution in [2.75, 3.05) is 26.8 Å². The maximum absolute atomic E-state index is 5.74. The van der Waals surface area contributed by atoms with Crippen molar-refractivity contribution in [1.82, 2.24) is 10.3 Å². The summed E-state index contributed by atoms with van der Waals surface area (Å²) in [6.07, 6.45) is 2.87.